The van der Waals surface area contributed by atoms with Crippen molar-refractivity contribution in [2.75, 3.05) is 0 Å². The van der Waals surface area contributed by atoms with Gasteiger partial charge in [-0.1, -0.05) is 46.8 Å². The van der Waals surface area contributed by atoms with Gasteiger partial charge in [-0.2, -0.15) is 0 Å². The van der Waals surface area contributed by atoms with Crippen LogP contribution in [-0.4, -0.2) is 10.9 Å². The van der Waals surface area contributed by atoms with Gasteiger partial charge in [-0.05, 0) is 53.5 Å². The van der Waals surface area contributed by atoms with Crippen molar-refractivity contribution in [3.8, 4) is 5.75 Å². The van der Waals surface area contributed by atoms with Gasteiger partial charge in [0.1, 0.15) is 5.75 Å². The summed E-state index contributed by atoms with van der Waals surface area (Å²) in [4.78, 5) is 12.3. The molecule has 2 heteroatoms. The molecule has 22 heavy (non-hydrogen) atoms. The largest absolute Gasteiger partial charge is 0.508 e. The fraction of sp³-hybridized carbons (Fsp3) is 0.550. The van der Waals surface area contributed by atoms with Crippen molar-refractivity contribution in [3.63, 3.8) is 0 Å². The maximum absolute atomic E-state index is 12.3. The molecule has 2 atom stereocenters. The zero-order valence-corrected chi connectivity index (χ0v) is 14.2. The van der Waals surface area contributed by atoms with Crippen LogP contribution in [0.1, 0.15) is 63.6 Å². The molecule has 2 nitrogen and oxygen atoms in total. The zero-order valence-electron chi connectivity index (χ0n) is 14.2. The van der Waals surface area contributed by atoms with Gasteiger partial charge in [0.15, 0.2) is 5.78 Å². The first-order valence-corrected chi connectivity index (χ1v) is 8.28. The molecule has 1 aromatic rings. The third kappa shape index (κ3) is 1.89. The van der Waals surface area contributed by atoms with Crippen LogP contribution >= 0.6 is 0 Å². The second-order valence-corrected chi connectivity index (χ2v) is 7.97. The third-order valence-corrected chi connectivity index (χ3v) is 5.99. The summed E-state index contributed by atoms with van der Waals surface area (Å²) in [5.41, 5.74) is 3.23. The van der Waals surface area contributed by atoms with E-state index < -0.39 is 0 Å². The average molecular weight is 298 g/mol. The summed E-state index contributed by atoms with van der Waals surface area (Å²) in [5, 5.41) is 10.3. The van der Waals surface area contributed by atoms with E-state index in [1.807, 2.05) is 6.07 Å². The smallest absolute Gasteiger partial charge is 0.161 e. The SMILES string of the molecule is CC(C)c1c(O)ccc2c1CC[C@H]1C(C)(C)C(=O)C=C[C@]21C. The standard InChI is InChI=1S/C20H26O2/c1-12(2)18-13-6-9-16-19(3,4)17(22)10-11-20(16,5)14(13)7-8-15(18)21/h7-8,10-12,16,21H,6,9H2,1-5H3/t16-,20+/m0/s1. The Labute approximate surface area is 133 Å². The molecule has 3 rings (SSSR count). The summed E-state index contributed by atoms with van der Waals surface area (Å²) in [6, 6.07) is 3.90. The van der Waals surface area contributed by atoms with Crippen molar-refractivity contribution in [2.45, 2.75) is 58.8 Å². The van der Waals surface area contributed by atoms with Crippen LogP contribution in [0.4, 0.5) is 0 Å². The van der Waals surface area contributed by atoms with E-state index in [0.29, 0.717) is 17.6 Å². The predicted molar refractivity (Wildman–Crippen MR) is 89.3 cm³/mol. The lowest BCUT2D eigenvalue weighted by atomic mass is 9.52. The molecule has 2 aliphatic carbocycles. The fourth-order valence-corrected chi connectivity index (χ4v) is 4.80. The highest BCUT2D eigenvalue weighted by molar-refractivity contribution is 5.96. The lowest BCUT2D eigenvalue weighted by Crippen LogP contribution is -2.49. The number of hydrogen-bond acceptors (Lipinski definition) is 2. The molecule has 0 saturated carbocycles. The van der Waals surface area contributed by atoms with Crippen LogP contribution < -0.4 is 0 Å². The highest BCUT2D eigenvalue weighted by Gasteiger charge is 2.51. The molecule has 0 aromatic heterocycles. The monoisotopic (exact) mass is 298 g/mol. The summed E-state index contributed by atoms with van der Waals surface area (Å²) in [7, 11) is 0. The van der Waals surface area contributed by atoms with E-state index in [1.54, 1.807) is 6.08 Å². The minimum absolute atomic E-state index is 0.123. The van der Waals surface area contributed by atoms with Gasteiger partial charge in [0.05, 0.1) is 0 Å². The number of rotatable bonds is 1. The van der Waals surface area contributed by atoms with Gasteiger partial charge in [0.25, 0.3) is 0 Å². The van der Waals surface area contributed by atoms with Crippen LogP contribution in [0, 0.1) is 11.3 Å². The highest BCUT2D eigenvalue weighted by atomic mass is 16.3. The van der Waals surface area contributed by atoms with Crippen LogP contribution in [0.15, 0.2) is 24.3 Å². The summed E-state index contributed by atoms with van der Waals surface area (Å²) >= 11 is 0. The summed E-state index contributed by atoms with van der Waals surface area (Å²) in [6.07, 6.45) is 5.82. The number of benzene rings is 1. The van der Waals surface area contributed by atoms with Gasteiger partial charge >= 0.3 is 0 Å². The first-order valence-electron chi connectivity index (χ1n) is 8.28. The molecule has 118 valence electrons. The van der Waals surface area contributed by atoms with Gasteiger partial charge in [0, 0.05) is 10.8 Å². The number of carbonyl (C=O) groups is 1. The lowest BCUT2D eigenvalue weighted by molar-refractivity contribution is -0.127. The summed E-state index contributed by atoms with van der Waals surface area (Å²) < 4.78 is 0. The number of fused-ring (bicyclic) bond motifs is 3. The van der Waals surface area contributed by atoms with E-state index in [0.717, 1.165) is 18.4 Å². The number of allylic oxidation sites excluding steroid dienone is 2. The minimum Gasteiger partial charge on any atom is -0.508 e. The van der Waals surface area contributed by atoms with Gasteiger partial charge in [0.2, 0.25) is 0 Å². The predicted octanol–water partition coefficient (Wildman–Crippen LogP) is 4.50. The van der Waals surface area contributed by atoms with E-state index in [2.05, 4.69) is 46.8 Å². The molecule has 1 aromatic carbocycles. The topological polar surface area (TPSA) is 37.3 Å². The number of aromatic hydroxyl groups is 1. The number of phenols is 1. The molecule has 0 spiro atoms. The lowest BCUT2D eigenvalue weighted by Gasteiger charge is -2.51. The van der Waals surface area contributed by atoms with Crippen molar-refractivity contribution >= 4 is 5.78 Å². The van der Waals surface area contributed by atoms with E-state index in [-0.39, 0.29) is 16.6 Å². The Kier molecular flexibility index (Phi) is 3.28. The Bertz CT molecular complexity index is 667. The molecule has 2 aliphatic rings. The number of carbonyl (C=O) groups excluding carboxylic acids is 1. The third-order valence-electron chi connectivity index (χ3n) is 5.99. The maximum atomic E-state index is 12.3. The Morgan fingerprint density at radius 3 is 2.55 bits per heavy atom. The summed E-state index contributed by atoms with van der Waals surface area (Å²) in [6.45, 7) is 10.7. The maximum Gasteiger partial charge on any atom is 0.161 e. The van der Waals surface area contributed by atoms with E-state index in [9.17, 15) is 9.90 Å². The molecule has 0 fully saturated rings. The van der Waals surface area contributed by atoms with Gasteiger partial charge in [-0.25, -0.2) is 0 Å². The van der Waals surface area contributed by atoms with Crippen molar-refractivity contribution in [3.05, 3.63) is 41.0 Å². The molecular weight excluding hydrogens is 272 g/mol. The normalized spacial score (nSPS) is 29.4. The average Bonchev–Trinajstić information content (AvgIpc) is 2.42. The first-order chi connectivity index (χ1) is 10.2. The van der Waals surface area contributed by atoms with Crippen molar-refractivity contribution < 1.29 is 9.90 Å². The molecule has 0 heterocycles. The molecule has 1 N–H and O–H groups in total. The fourth-order valence-electron chi connectivity index (χ4n) is 4.80. The Morgan fingerprint density at radius 1 is 1.23 bits per heavy atom. The van der Waals surface area contributed by atoms with E-state index in [4.69, 9.17) is 0 Å². The van der Waals surface area contributed by atoms with E-state index >= 15 is 0 Å². The highest BCUT2D eigenvalue weighted by Crippen LogP contribution is 2.54. The molecule has 0 unspecified atom stereocenters. The molecule has 0 saturated heterocycles. The van der Waals surface area contributed by atoms with E-state index in [1.165, 1.54) is 11.1 Å². The van der Waals surface area contributed by atoms with Gasteiger partial charge < -0.3 is 5.11 Å². The number of phenolic OH excluding ortho intramolecular Hbond substituents is 1. The van der Waals surface area contributed by atoms with Crippen LogP contribution in [0.3, 0.4) is 0 Å². The molecule has 0 bridgehead atoms. The number of hydrogen-bond donors (Lipinski definition) is 1. The summed E-state index contributed by atoms with van der Waals surface area (Å²) in [5.74, 6) is 1.26. The van der Waals surface area contributed by atoms with Crippen molar-refractivity contribution in [2.24, 2.45) is 11.3 Å². The first kappa shape index (κ1) is 15.3. The second-order valence-electron chi connectivity index (χ2n) is 7.97. The van der Waals surface area contributed by atoms with Crippen molar-refractivity contribution in [1.82, 2.24) is 0 Å². The van der Waals surface area contributed by atoms with Crippen molar-refractivity contribution in [1.29, 1.82) is 0 Å². The second kappa shape index (κ2) is 4.71. The number of ketones is 1. The van der Waals surface area contributed by atoms with Crippen LogP contribution in [0.5, 0.6) is 5.75 Å². The van der Waals surface area contributed by atoms with Crippen LogP contribution in [0.25, 0.3) is 0 Å². The van der Waals surface area contributed by atoms with Crippen LogP contribution in [0.2, 0.25) is 0 Å². The Hall–Kier alpha value is -1.57. The Morgan fingerprint density at radius 2 is 1.91 bits per heavy atom. The van der Waals surface area contributed by atoms with Gasteiger partial charge in [-0.15, -0.1) is 0 Å². The quantitative estimate of drug-likeness (QED) is 0.828. The minimum atomic E-state index is -0.322. The molecule has 0 aliphatic heterocycles. The molecule has 0 radical (unpaired) electrons. The van der Waals surface area contributed by atoms with Gasteiger partial charge in [-0.3, -0.25) is 4.79 Å². The molecular formula is C20H26O2. The molecule has 0 amide bonds. The zero-order chi connectivity index (χ0) is 16.3. The van der Waals surface area contributed by atoms with Crippen LogP contribution in [-0.2, 0) is 16.6 Å². The Balaban J connectivity index is 2.25.